The Morgan fingerprint density at radius 1 is 0.889 bits per heavy atom. The SMILES string of the molecule is COC(=O)C[C@H]1Nc2ccc(C(=O)OC(C)(C)C)cc2CN(CCCOCCOCCOCCCNC(=O)OC(C)(C)C)C1=O. The zero-order valence-corrected chi connectivity index (χ0v) is 27.8. The summed E-state index contributed by atoms with van der Waals surface area (Å²) in [5.41, 5.74) is 0.633. The molecule has 1 heterocycles. The molecule has 0 unspecified atom stereocenters. The minimum Gasteiger partial charge on any atom is -0.469 e. The molecule has 2 amide bonds. The van der Waals surface area contributed by atoms with Gasteiger partial charge in [-0.2, -0.15) is 0 Å². The molecule has 2 N–H and O–H groups in total. The number of ether oxygens (including phenoxy) is 6. The van der Waals surface area contributed by atoms with Gasteiger partial charge in [0, 0.05) is 38.5 Å². The van der Waals surface area contributed by atoms with Crippen molar-refractivity contribution < 1.29 is 47.6 Å². The van der Waals surface area contributed by atoms with Crippen LogP contribution in [0.15, 0.2) is 18.2 Å². The van der Waals surface area contributed by atoms with Crippen LogP contribution >= 0.6 is 0 Å². The normalized spacial score (nSPS) is 15.0. The minimum atomic E-state index is -0.802. The van der Waals surface area contributed by atoms with E-state index in [1.807, 2.05) is 20.8 Å². The number of methoxy groups -OCH3 is 1. The highest BCUT2D eigenvalue weighted by molar-refractivity contribution is 5.93. The largest absolute Gasteiger partial charge is 0.469 e. The summed E-state index contributed by atoms with van der Waals surface area (Å²) in [6, 6.07) is 4.29. The van der Waals surface area contributed by atoms with Crippen LogP contribution in [0.1, 0.15) is 76.7 Å². The van der Waals surface area contributed by atoms with Gasteiger partial charge in [0.05, 0.1) is 45.5 Å². The predicted molar refractivity (Wildman–Crippen MR) is 167 cm³/mol. The molecule has 1 atom stereocenters. The summed E-state index contributed by atoms with van der Waals surface area (Å²) in [6.45, 7) is 14.5. The van der Waals surface area contributed by atoms with Crippen molar-refractivity contribution in [2.45, 2.75) is 84.6 Å². The molecular weight excluding hydrogens is 586 g/mol. The van der Waals surface area contributed by atoms with E-state index in [0.717, 1.165) is 5.56 Å². The number of alkyl carbamates (subject to hydrolysis) is 1. The Hall–Kier alpha value is -3.42. The fourth-order valence-corrected chi connectivity index (χ4v) is 4.24. The van der Waals surface area contributed by atoms with Gasteiger partial charge >= 0.3 is 18.0 Å². The zero-order chi connectivity index (χ0) is 33.5. The van der Waals surface area contributed by atoms with E-state index in [1.54, 1.807) is 43.9 Å². The van der Waals surface area contributed by atoms with Gasteiger partial charge in [0.15, 0.2) is 0 Å². The molecule has 0 saturated carbocycles. The maximum Gasteiger partial charge on any atom is 0.407 e. The first-order valence-corrected chi connectivity index (χ1v) is 15.4. The van der Waals surface area contributed by atoms with Crippen LogP contribution in [0.4, 0.5) is 10.5 Å². The maximum absolute atomic E-state index is 13.4. The number of carbonyl (C=O) groups excluding carboxylic acids is 4. The monoisotopic (exact) mass is 637 g/mol. The molecule has 1 aromatic rings. The molecule has 254 valence electrons. The van der Waals surface area contributed by atoms with Crippen LogP contribution in [-0.2, 0) is 44.6 Å². The Morgan fingerprint density at radius 3 is 2.09 bits per heavy atom. The highest BCUT2D eigenvalue weighted by Crippen LogP contribution is 2.27. The second kappa shape index (κ2) is 18.5. The zero-order valence-electron chi connectivity index (χ0n) is 27.8. The van der Waals surface area contributed by atoms with Gasteiger partial charge in [0.25, 0.3) is 0 Å². The number of nitrogens with zero attached hydrogens (tertiary/aromatic N) is 1. The lowest BCUT2D eigenvalue weighted by Crippen LogP contribution is -2.42. The molecule has 0 fully saturated rings. The Bertz CT molecular complexity index is 1110. The van der Waals surface area contributed by atoms with E-state index >= 15 is 0 Å². The summed E-state index contributed by atoms with van der Waals surface area (Å²) in [5, 5.41) is 5.84. The minimum absolute atomic E-state index is 0.125. The average molecular weight is 638 g/mol. The molecule has 0 aliphatic carbocycles. The first kappa shape index (κ1) is 37.8. The lowest BCUT2D eigenvalue weighted by molar-refractivity contribution is -0.144. The Balaban J connectivity index is 1.72. The highest BCUT2D eigenvalue weighted by Gasteiger charge is 2.31. The summed E-state index contributed by atoms with van der Waals surface area (Å²) in [7, 11) is 1.28. The summed E-state index contributed by atoms with van der Waals surface area (Å²) >= 11 is 0. The van der Waals surface area contributed by atoms with Gasteiger partial charge in [0.1, 0.15) is 17.2 Å². The molecule has 13 nitrogen and oxygen atoms in total. The lowest BCUT2D eigenvalue weighted by atomic mass is 10.1. The van der Waals surface area contributed by atoms with Gasteiger partial charge in [-0.15, -0.1) is 0 Å². The molecule has 0 aromatic heterocycles. The van der Waals surface area contributed by atoms with Crippen LogP contribution in [-0.4, -0.2) is 106 Å². The van der Waals surface area contributed by atoms with Gasteiger partial charge in [-0.3, -0.25) is 9.59 Å². The Kier molecular flexibility index (Phi) is 15.5. The standard InChI is InChI=1S/C32H51N3O10/c1-31(2,3)44-29(38)23-10-11-25-24(20-23)22-35(28(37)26(34-25)21-27(36)40-7)13-9-15-42-17-19-43-18-16-41-14-8-12-33-30(39)45-32(4,5)6/h10-11,20,26,34H,8-9,12-19,21-22H2,1-7H3,(H,33,39)/t26-/m1/s1. The van der Waals surface area contributed by atoms with Gasteiger partial charge in [-0.25, -0.2) is 9.59 Å². The maximum atomic E-state index is 13.4. The second-order valence-electron chi connectivity index (χ2n) is 12.6. The van der Waals surface area contributed by atoms with E-state index in [9.17, 15) is 19.2 Å². The average Bonchev–Trinajstić information content (AvgIpc) is 3.06. The van der Waals surface area contributed by atoms with Gasteiger partial charge in [-0.05, 0) is 78.1 Å². The molecule has 1 aliphatic heterocycles. The van der Waals surface area contributed by atoms with E-state index in [-0.39, 0.29) is 18.9 Å². The van der Waals surface area contributed by atoms with Gasteiger partial charge in [0.2, 0.25) is 5.91 Å². The van der Waals surface area contributed by atoms with E-state index < -0.39 is 35.3 Å². The molecule has 0 saturated heterocycles. The summed E-state index contributed by atoms with van der Waals surface area (Å²) < 4.78 is 32.2. The number of nitrogens with one attached hydrogen (secondary N) is 2. The van der Waals surface area contributed by atoms with Crippen LogP contribution in [0.2, 0.25) is 0 Å². The fourth-order valence-electron chi connectivity index (χ4n) is 4.24. The van der Waals surface area contributed by atoms with E-state index in [1.165, 1.54) is 7.11 Å². The Morgan fingerprint density at radius 2 is 1.49 bits per heavy atom. The van der Waals surface area contributed by atoms with Crippen molar-refractivity contribution in [3.63, 3.8) is 0 Å². The molecule has 0 bridgehead atoms. The fraction of sp³-hybridized carbons (Fsp3) is 0.688. The summed E-state index contributed by atoms with van der Waals surface area (Å²) in [6.07, 6.45) is 0.665. The molecular formula is C32H51N3O10. The summed E-state index contributed by atoms with van der Waals surface area (Å²) in [4.78, 5) is 51.3. The predicted octanol–water partition coefficient (Wildman–Crippen LogP) is 3.68. The van der Waals surface area contributed by atoms with Crippen molar-refractivity contribution in [2.24, 2.45) is 0 Å². The van der Waals surface area contributed by atoms with Crippen molar-refractivity contribution in [1.82, 2.24) is 10.2 Å². The van der Waals surface area contributed by atoms with E-state index in [4.69, 9.17) is 28.4 Å². The Labute approximate surface area is 266 Å². The van der Waals surface area contributed by atoms with Crippen LogP contribution in [0.3, 0.4) is 0 Å². The van der Waals surface area contributed by atoms with Crippen molar-refractivity contribution in [2.75, 3.05) is 65.2 Å². The van der Waals surface area contributed by atoms with Crippen LogP contribution in [0.5, 0.6) is 0 Å². The highest BCUT2D eigenvalue weighted by atomic mass is 16.6. The van der Waals surface area contributed by atoms with Crippen molar-refractivity contribution >= 4 is 29.6 Å². The van der Waals surface area contributed by atoms with Crippen molar-refractivity contribution in [3.05, 3.63) is 29.3 Å². The number of hydrogen-bond acceptors (Lipinski definition) is 11. The first-order chi connectivity index (χ1) is 21.2. The molecule has 1 aromatic carbocycles. The number of amides is 2. The summed E-state index contributed by atoms with van der Waals surface area (Å²) in [5.74, 6) is -1.19. The number of hydrogen-bond donors (Lipinski definition) is 2. The number of benzene rings is 1. The topological polar surface area (TPSA) is 151 Å². The quantitative estimate of drug-likeness (QED) is 0.146. The third-order valence-electron chi connectivity index (χ3n) is 6.23. The molecule has 1 aliphatic rings. The number of carbonyl (C=O) groups is 4. The third-order valence-corrected chi connectivity index (χ3v) is 6.23. The van der Waals surface area contributed by atoms with Crippen molar-refractivity contribution in [3.8, 4) is 0 Å². The second-order valence-corrected chi connectivity index (χ2v) is 12.6. The van der Waals surface area contributed by atoms with Gasteiger partial charge < -0.3 is 44.0 Å². The molecule has 2 rings (SSSR count). The van der Waals surface area contributed by atoms with Crippen LogP contribution in [0.25, 0.3) is 0 Å². The van der Waals surface area contributed by atoms with Crippen LogP contribution < -0.4 is 10.6 Å². The third kappa shape index (κ3) is 15.4. The molecule has 0 radical (unpaired) electrons. The van der Waals surface area contributed by atoms with Gasteiger partial charge in [-0.1, -0.05) is 0 Å². The van der Waals surface area contributed by atoms with E-state index in [2.05, 4.69) is 10.6 Å². The van der Waals surface area contributed by atoms with E-state index in [0.29, 0.717) is 76.8 Å². The number of fused-ring (bicyclic) bond motifs is 1. The number of esters is 2. The lowest BCUT2D eigenvalue weighted by Gasteiger charge is -2.24. The van der Waals surface area contributed by atoms with Crippen molar-refractivity contribution in [1.29, 1.82) is 0 Å². The number of anilines is 1. The number of rotatable bonds is 17. The molecule has 0 spiro atoms. The smallest absolute Gasteiger partial charge is 0.407 e. The molecule has 45 heavy (non-hydrogen) atoms. The first-order valence-electron chi connectivity index (χ1n) is 15.4. The van der Waals surface area contributed by atoms with Crippen LogP contribution in [0, 0.1) is 0 Å². The molecule has 13 heteroatoms.